The highest BCUT2D eigenvalue weighted by Crippen LogP contribution is 2.27. The van der Waals surface area contributed by atoms with Gasteiger partial charge in [0.15, 0.2) is 0 Å². The molecule has 2 aromatic rings. The third kappa shape index (κ3) is 1.84. The maximum Gasteiger partial charge on any atom is 0.0724 e. The second-order valence-corrected chi connectivity index (χ2v) is 3.77. The van der Waals surface area contributed by atoms with Crippen LogP contribution in [-0.2, 0) is 0 Å². The summed E-state index contributed by atoms with van der Waals surface area (Å²) in [6, 6.07) is 7.96. The Morgan fingerprint density at radius 1 is 1.44 bits per heavy atom. The van der Waals surface area contributed by atoms with Gasteiger partial charge in [-0.25, -0.2) is 0 Å². The third-order valence-electron chi connectivity index (χ3n) is 2.56. The van der Waals surface area contributed by atoms with E-state index in [4.69, 9.17) is 5.73 Å². The molecule has 0 aliphatic heterocycles. The van der Waals surface area contributed by atoms with Crippen LogP contribution in [0.4, 0.5) is 11.4 Å². The molecule has 3 nitrogen and oxygen atoms in total. The second kappa shape index (κ2) is 4.23. The standard InChI is InChI=1S/C13H15N3/c1-3-9(2)16-12-7-6-11-10(13(12)14)5-4-8-15-11/h3-9,16H,1,14H2,2H3. The van der Waals surface area contributed by atoms with Crippen LogP contribution in [-0.4, -0.2) is 11.0 Å². The fourth-order valence-corrected chi connectivity index (χ4v) is 1.61. The lowest BCUT2D eigenvalue weighted by molar-refractivity contribution is 1.00. The molecule has 0 saturated heterocycles. The molecule has 0 amide bonds. The van der Waals surface area contributed by atoms with Gasteiger partial charge in [-0.15, -0.1) is 6.58 Å². The SMILES string of the molecule is C=CC(C)Nc1ccc2ncccc2c1N. The Hall–Kier alpha value is -2.03. The molecule has 0 aliphatic carbocycles. The first-order valence-corrected chi connectivity index (χ1v) is 5.24. The monoisotopic (exact) mass is 213 g/mol. The van der Waals surface area contributed by atoms with E-state index in [9.17, 15) is 0 Å². The van der Waals surface area contributed by atoms with Gasteiger partial charge in [-0.05, 0) is 31.2 Å². The molecule has 1 unspecified atom stereocenters. The van der Waals surface area contributed by atoms with Crippen molar-refractivity contribution in [2.75, 3.05) is 11.1 Å². The molecule has 3 heteroatoms. The van der Waals surface area contributed by atoms with Crippen molar-refractivity contribution in [2.45, 2.75) is 13.0 Å². The summed E-state index contributed by atoms with van der Waals surface area (Å²) >= 11 is 0. The Morgan fingerprint density at radius 3 is 3.00 bits per heavy atom. The van der Waals surface area contributed by atoms with Crippen LogP contribution in [0.5, 0.6) is 0 Å². The van der Waals surface area contributed by atoms with Crippen LogP contribution in [0, 0.1) is 0 Å². The minimum Gasteiger partial charge on any atom is -0.397 e. The van der Waals surface area contributed by atoms with E-state index in [-0.39, 0.29) is 6.04 Å². The highest BCUT2D eigenvalue weighted by Gasteiger charge is 2.05. The predicted molar refractivity (Wildman–Crippen MR) is 69.4 cm³/mol. The van der Waals surface area contributed by atoms with Crippen LogP contribution in [0.1, 0.15) is 6.92 Å². The van der Waals surface area contributed by atoms with Gasteiger partial charge in [0.05, 0.1) is 16.9 Å². The molecule has 0 saturated carbocycles. The van der Waals surface area contributed by atoms with Gasteiger partial charge in [0.25, 0.3) is 0 Å². The number of rotatable bonds is 3. The fraction of sp³-hybridized carbons (Fsp3) is 0.154. The fourth-order valence-electron chi connectivity index (χ4n) is 1.61. The molecule has 3 N–H and O–H groups in total. The minimum atomic E-state index is 0.191. The number of nitrogens with one attached hydrogen (secondary N) is 1. The van der Waals surface area contributed by atoms with Crippen molar-refractivity contribution in [3.05, 3.63) is 43.1 Å². The number of nitrogen functional groups attached to an aromatic ring is 1. The quantitative estimate of drug-likeness (QED) is 0.609. The highest BCUT2D eigenvalue weighted by molar-refractivity contribution is 5.96. The molecule has 0 bridgehead atoms. The zero-order valence-corrected chi connectivity index (χ0v) is 9.27. The molecule has 1 atom stereocenters. The van der Waals surface area contributed by atoms with Crippen molar-refractivity contribution < 1.29 is 0 Å². The van der Waals surface area contributed by atoms with Gasteiger partial charge in [-0.3, -0.25) is 4.98 Å². The van der Waals surface area contributed by atoms with E-state index in [0.717, 1.165) is 22.3 Å². The van der Waals surface area contributed by atoms with Crippen LogP contribution in [0.25, 0.3) is 10.9 Å². The van der Waals surface area contributed by atoms with Crippen LogP contribution in [0.15, 0.2) is 43.1 Å². The Bertz CT molecular complexity index is 520. The Balaban J connectivity index is 2.48. The highest BCUT2D eigenvalue weighted by atomic mass is 14.9. The summed E-state index contributed by atoms with van der Waals surface area (Å²) in [5.74, 6) is 0. The summed E-state index contributed by atoms with van der Waals surface area (Å²) in [7, 11) is 0. The molecule has 0 aliphatic rings. The third-order valence-corrected chi connectivity index (χ3v) is 2.56. The van der Waals surface area contributed by atoms with Gasteiger partial charge in [-0.2, -0.15) is 0 Å². The first-order chi connectivity index (χ1) is 7.72. The van der Waals surface area contributed by atoms with Crippen molar-refractivity contribution in [1.29, 1.82) is 0 Å². The molecular formula is C13H15N3. The average Bonchev–Trinajstić information content (AvgIpc) is 2.33. The maximum atomic E-state index is 6.09. The topological polar surface area (TPSA) is 50.9 Å². The number of benzene rings is 1. The molecule has 2 rings (SSSR count). The number of hydrogen-bond acceptors (Lipinski definition) is 3. The zero-order valence-electron chi connectivity index (χ0n) is 9.27. The normalized spacial score (nSPS) is 12.3. The van der Waals surface area contributed by atoms with Gasteiger partial charge in [0, 0.05) is 17.6 Å². The number of nitrogens with two attached hydrogens (primary N) is 1. The second-order valence-electron chi connectivity index (χ2n) is 3.77. The Morgan fingerprint density at radius 2 is 2.25 bits per heavy atom. The smallest absolute Gasteiger partial charge is 0.0724 e. The van der Waals surface area contributed by atoms with Gasteiger partial charge < -0.3 is 11.1 Å². The lowest BCUT2D eigenvalue weighted by Gasteiger charge is -2.14. The van der Waals surface area contributed by atoms with Crippen LogP contribution in [0.3, 0.4) is 0 Å². The summed E-state index contributed by atoms with van der Waals surface area (Å²) in [4.78, 5) is 4.25. The summed E-state index contributed by atoms with van der Waals surface area (Å²) < 4.78 is 0. The zero-order chi connectivity index (χ0) is 11.5. The number of anilines is 2. The van der Waals surface area contributed by atoms with E-state index < -0.39 is 0 Å². The van der Waals surface area contributed by atoms with E-state index in [1.807, 2.05) is 37.3 Å². The van der Waals surface area contributed by atoms with E-state index in [2.05, 4.69) is 16.9 Å². The van der Waals surface area contributed by atoms with E-state index >= 15 is 0 Å². The number of fused-ring (bicyclic) bond motifs is 1. The predicted octanol–water partition coefficient (Wildman–Crippen LogP) is 2.80. The van der Waals surface area contributed by atoms with Crippen LogP contribution >= 0.6 is 0 Å². The van der Waals surface area contributed by atoms with Crippen molar-refractivity contribution >= 4 is 22.3 Å². The van der Waals surface area contributed by atoms with E-state index in [0.29, 0.717) is 0 Å². The Labute approximate surface area is 95.0 Å². The van der Waals surface area contributed by atoms with Crippen molar-refractivity contribution in [1.82, 2.24) is 4.98 Å². The van der Waals surface area contributed by atoms with Gasteiger partial charge in [-0.1, -0.05) is 6.08 Å². The van der Waals surface area contributed by atoms with Gasteiger partial charge >= 0.3 is 0 Å². The molecule has 0 fully saturated rings. The maximum absolute atomic E-state index is 6.09. The number of pyridine rings is 1. The Kier molecular flexibility index (Phi) is 2.77. The number of nitrogens with zero attached hydrogens (tertiary/aromatic N) is 1. The number of aromatic nitrogens is 1. The lowest BCUT2D eigenvalue weighted by atomic mass is 10.1. The molecule has 1 aromatic carbocycles. The molecule has 1 heterocycles. The van der Waals surface area contributed by atoms with Gasteiger partial charge in [0.2, 0.25) is 0 Å². The molecule has 1 aromatic heterocycles. The summed E-state index contributed by atoms with van der Waals surface area (Å²) in [5.41, 5.74) is 8.66. The first-order valence-electron chi connectivity index (χ1n) is 5.24. The van der Waals surface area contributed by atoms with Crippen LogP contribution in [0.2, 0.25) is 0 Å². The number of hydrogen-bond donors (Lipinski definition) is 2. The molecule has 82 valence electrons. The van der Waals surface area contributed by atoms with Crippen LogP contribution < -0.4 is 11.1 Å². The average molecular weight is 213 g/mol. The largest absolute Gasteiger partial charge is 0.397 e. The first kappa shape index (κ1) is 10.5. The van der Waals surface area contributed by atoms with E-state index in [1.54, 1.807) is 6.20 Å². The molecule has 0 spiro atoms. The lowest BCUT2D eigenvalue weighted by Crippen LogP contribution is -2.12. The summed E-state index contributed by atoms with van der Waals surface area (Å²) in [5, 5.41) is 4.26. The summed E-state index contributed by atoms with van der Waals surface area (Å²) in [6.45, 7) is 5.76. The van der Waals surface area contributed by atoms with Crippen molar-refractivity contribution in [3.63, 3.8) is 0 Å². The minimum absolute atomic E-state index is 0.191. The molecular weight excluding hydrogens is 198 g/mol. The van der Waals surface area contributed by atoms with Crippen molar-refractivity contribution in [2.24, 2.45) is 0 Å². The molecule has 0 radical (unpaired) electrons. The summed E-state index contributed by atoms with van der Waals surface area (Å²) in [6.07, 6.45) is 3.61. The van der Waals surface area contributed by atoms with E-state index in [1.165, 1.54) is 0 Å². The molecule has 16 heavy (non-hydrogen) atoms. The van der Waals surface area contributed by atoms with Gasteiger partial charge in [0.1, 0.15) is 0 Å². The van der Waals surface area contributed by atoms with Crippen molar-refractivity contribution in [3.8, 4) is 0 Å².